The number of rotatable bonds is 8. The zero-order chi connectivity index (χ0) is 25.8. The number of ether oxygens (including phenoxy) is 2. The fraction of sp³-hybridized carbons (Fsp3) is 0.192. The van der Waals surface area contributed by atoms with Crippen molar-refractivity contribution in [3.8, 4) is 11.5 Å². The Morgan fingerprint density at radius 2 is 1.97 bits per heavy atom. The van der Waals surface area contributed by atoms with Crippen molar-refractivity contribution in [3.05, 3.63) is 80.6 Å². The van der Waals surface area contributed by atoms with Crippen LogP contribution < -0.4 is 14.8 Å². The zero-order valence-corrected chi connectivity index (χ0v) is 23.0. The van der Waals surface area contributed by atoms with Crippen molar-refractivity contribution in [1.29, 1.82) is 0 Å². The monoisotopic (exact) mass is 586 g/mol. The van der Waals surface area contributed by atoms with Gasteiger partial charge < -0.3 is 19.2 Å². The fourth-order valence-electron chi connectivity index (χ4n) is 3.63. The van der Waals surface area contributed by atoms with Crippen LogP contribution >= 0.6 is 39.9 Å². The number of carbonyl (C=O) groups is 2. The largest absolute Gasteiger partial charge is 0.493 e. The summed E-state index contributed by atoms with van der Waals surface area (Å²) < 4.78 is 17.7. The number of hydrogen-bond acceptors (Lipinski definition) is 7. The van der Waals surface area contributed by atoms with E-state index in [1.807, 2.05) is 32.0 Å². The molecule has 0 bridgehead atoms. The topological polar surface area (TPSA) is 81.0 Å². The number of nitrogens with zero attached hydrogens (tertiary/aromatic N) is 1. The number of benzene rings is 2. The zero-order valence-electron chi connectivity index (χ0n) is 19.8. The third-order valence-corrected chi connectivity index (χ3v) is 7.38. The number of para-hydroxylation sites is 1. The summed E-state index contributed by atoms with van der Waals surface area (Å²) in [4.78, 5) is 27.5. The lowest BCUT2D eigenvalue weighted by molar-refractivity contribution is -0.122. The molecule has 4 rings (SSSR count). The van der Waals surface area contributed by atoms with Crippen LogP contribution in [0.2, 0.25) is 0 Å². The number of anilines is 1. The lowest BCUT2D eigenvalue weighted by Crippen LogP contribution is -2.27. The van der Waals surface area contributed by atoms with E-state index >= 15 is 0 Å². The number of halogens is 1. The molecule has 36 heavy (non-hydrogen) atoms. The van der Waals surface area contributed by atoms with Gasteiger partial charge >= 0.3 is 0 Å². The first kappa shape index (κ1) is 26.0. The van der Waals surface area contributed by atoms with Crippen LogP contribution in [0.3, 0.4) is 0 Å². The van der Waals surface area contributed by atoms with Gasteiger partial charge in [0, 0.05) is 5.69 Å². The van der Waals surface area contributed by atoms with Crippen molar-refractivity contribution in [2.75, 3.05) is 19.0 Å². The Balaban J connectivity index is 1.47. The Bertz CT molecular complexity index is 1330. The van der Waals surface area contributed by atoms with Crippen LogP contribution in [0.1, 0.15) is 22.5 Å². The second kappa shape index (κ2) is 11.3. The van der Waals surface area contributed by atoms with Gasteiger partial charge in [0.15, 0.2) is 18.1 Å². The number of thiocarbonyl (C=S) groups is 1. The molecule has 1 fully saturated rings. The van der Waals surface area contributed by atoms with Gasteiger partial charge in [-0.2, -0.15) is 0 Å². The van der Waals surface area contributed by atoms with Crippen LogP contribution in [0, 0.1) is 13.8 Å². The van der Waals surface area contributed by atoms with E-state index in [1.54, 1.807) is 36.6 Å². The summed E-state index contributed by atoms with van der Waals surface area (Å²) in [5, 5.41) is 2.90. The Labute approximate surface area is 227 Å². The highest BCUT2D eigenvalue weighted by Crippen LogP contribution is 2.39. The average Bonchev–Trinajstić information content (AvgIpc) is 3.44. The molecule has 0 radical (unpaired) electrons. The molecule has 1 saturated heterocycles. The van der Waals surface area contributed by atoms with Gasteiger partial charge in [-0.1, -0.05) is 42.2 Å². The Kier molecular flexibility index (Phi) is 8.17. The first-order chi connectivity index (χ1) is 17.3. The number of aryl methyl sites for hydroxylation is 2. The van der Waals surface area contributed by atoms with E-state index in [-0.39, 0.29) is 25.0 Å². The molecular weight excluding hydrogens is 564 g/mol. The van der Waals surface area contributed by atoms with E-state index in [4.69, 9.17) is 26.1 Å². The highest BCUT2D eigenvalue weighted by atomic mass is 79.9. The molecule has 1 aromatic heterocycles. The molecule has 3 aromatic rings. The minimum atomic E-state index is -0.286. The molecule has 1 N–H and O–H groups in total. The van der Waals surface area contributed by atoms with E-state index in [2.05, 4.69) is 21.2 Å². The molecule has 0 saturated carbocycles. The second-order valence-corrected chi connectivity index (χ2v) is 10.5. The van der Waals surface area contributed by atoms with Gasteiger partial charge in [0.05, 0.1) is 29.3 Å². The van der Waals surface area contributed by atoms with E-state index in [0.717, 1.165) is 16.8 Å². The molecule has 2 heterocycles. The van der Waals surface area contributed by atoms with Crippen LogP contribution in [0.4, 0.5) is 5.69 Å². The fourth-order valence-corrected chi connectivity index (χ4v) is 5.46. The Hall–Kier alpha value is -3.08. The van der Waals surface area contributed by atoms with Crippen LogP contribution in [0.5, 0.6) is 11.5 Å². The number of amides is 2. The molecule has 10 heteroatoms. The Morgan fingerprint density at radius 3 is 2.64 bits per heavy atom. The number of hydrogen-bond donors (Lipinski definition) is 1. The maximum absolute atomic E-state index is 12.9. The quantitative estimate of drug-likeness (QED) is 0.253. The summed E-state index contributed by atoms with van der Waals surface area (Å²) in [7, 11) is 1.51. The van der Waals surface area contributed by atoms with Gasteiger partial charge in [-0.05, 0) is 76.8 Å². The highest BCUT2D eigenvalue weighted by Gasteiger charge is 2.32. The van der Waals surface area contributed by atoms with Crippen LogP contribution in [0.15, 0.2) is 62.5 Å². The third kappa shape index (κ3) is 5.83. The summed E-state index contributed by atoms with van der Waals surface area (Å²) in [5.41, 5.74) is 3.43. The van der Waals surface area contributed by atoms with Gasteiger partial charge in [0.25, 0.3) is 11.8 Å². The predicted octanol–water partition coefficient (Wildman–Crippen LogP) is 6.09. The smallest absolute Gasteiger partial charge is 0.266 e. The van der Waals surface area contributed by atoms with Crippen LogP contribution in [0.25, 0.3) is 6.08 Å². The molecule has 1 aliphatic heterocycles. The van der Waals surface area contributed by atoms with Crippen molar-refractivity contribution in [2.45, 2.75) is 20.4 Å². The van der Waals surface area contributed by atoms with Gasteiger partial charge in [-0.3, -0.25) is 14.5 Å². The third-order valence-electron chi connectivity index (χ3n) is 5.41. The standard InChI is InChI=1S/C26H23BrN2O5S2/c1-15-6-4-7-16(2)23(15)28-22(30)14-34-24-19(27)10-17(11-20(24)32-3)12-21-25(31)29(26(35)36-21)13-18-8-5-9-33-18/h4-12H,13-14H2,1-3H3,(H,28,30)/b21-12-. The maximum atomic E-state index is 12.9. The first-order valence-electron chi connectivity index (χ1n) is 10.9. The summed E-state index contributed by atoms with van der Waals surface area (Å²) in [6.45, 7) is 3.95. The van der Waals surface area contributed by atoms with Crippen LogP contribution in [-0.2, 0) is 16.1 Å². The van der Waals surface area contributed by atoms with Crippen molar-refractivity contribution in [1.82, 2.24) is 4.90 Å². The number of nitrogens with one attached hydrogen (secondary N) is 1. The summed E-state index contributed by atoms with van der Waals surface area (Å²) >= 11 is 10.1. The van der Waals surface area contributed by atoms with E-state index < -0.39 is 0 Å². The first-order valence-corrected chi connectivity index (χ1v) is 12.9. The molecule has 0 unspecified atom stereocenters. The lowest BCUT2D eigenvalue weighted by Gasteiger charge is -2.15. The van der Waals surface area contributed by atoms with Gasteiger partial charge in [-0.25, -0.2) is 0 Å². The van der Waals surface area contributed by atoms with Crippen molar-refractivity contribution < 1.29 is 23.5 Å². The van der Waals surface area contributed by atoms with Gasteiger partial charge in [0.1, 0.15) is 10.1 Å². The molecule has 0 aliphatic carbocycles. The lowest BCUT2D eigenvalue weighted by atomic mass is 10.1. The normalized spacial score (nSPS) is 14.4. The SMILES string of the molecule is COc1cc(/C=C2\SC(=S)N(Cc3ccco3)C2=O)cc(Br)c1OCC(=O)Nc1c(C)cccc1C. The predicted molar refractivity (Wildman–Crippen MR) is 148 cm³/mol. The average molecular weight is 588 g/mol. The Morgan fingerprint density at radius 1 is 1.22 bits per heavy atom. The molecule has 2 aromatic carbocycles. The van der Waals surface area contributed by atoms with Gasteiger partial charge in [-0.15, -0.1) is 0 Å². The summed E-state index contributed by atoms with van der Waals surface area (Å²) in [5.74, 6) is 0.976. The molecule has 1 aliphatic rings. The molecule has 7 nitrogen and oxygen atoms in total. The molecule has 0 spiro atoms. The van der Waals surface area contributed by atoms with Crippen molar-refractivity contribution >= 4 is 67.8 Å². The highest BCUT2D eigenvalue weighted by molar-refractivity contribution is 9.10. The number of furan rings is 1. The van der Waals surface area contributed by atoms with E-state index in [0.29, 0.717) is 36.5 Å². The molecule has 0 atom stereocenters. The summed E-state index contributed by atoms with van der Waals surface area (Å²) in [6, 6.07) is 12.9. The minimum Gasteiger partial charge on any atom is -0.493 e. The van der Waals surface area contributed by atoms with Crippen molar-refractivity contribution in [2.24, 2.45) is 0 Å². The molecule has 186 valence electrons. The summed E-state index contributed by atoms with van der Waals surface area (Å²) in [6.07, 6.45) is 3.30. The minimum absolute atomic E-state index is 0.194. The number of methoxy groups -OCH3 is 1. The maximum Gasteiger partial charge on any atom is 0.266 e. The number of carbonyl (C=O) groups excluding carboxylic acids is 2. The van der Waals surface area contributed by atoms with E-state index in [9.17, 15) is 9.59 Å². The molecule has 2 amide bonds. The van der Waals surface area contributed by atoms with Crippen molar-refractivity contribution in [3.63, 3.8) is 0 Å². The van der Waals surface area contributed by atoms with Gasteiger partial charge in [0.2, 0.25) is 0 Å². The number of thioether (sulfide) groups is 1. The van der Waals surface area contributed by atoms with Crippen LogP contribution in [-0.4, -0.2) is 34.8 Å². The van der Waals surface area contributed by atoms with E-state index in [1.165, 1.54) is 23.8 Å². The second-order valence-electron chi connectivity index (χ2n) is 7.98. The molecular formula is C26H23BrN2O5S2.